The fourth-order valence-corrected chi connectivity index (χ4v) is 4.99. The Morgan fingerprint density at radius 1 is 1.14 bits per heavy atom. The van der Waals surface area contributed by atoms with Crippen LogP contribution in [-0.2, 0) is 27.1 Å². The number of hydrogen-bond acceptors (Lipinski definition) is 6. The van der Waals surface area contributed by atoms with Gasteiger partial charge in [0.1, 0.15) is 5.76 Å². The summed E-state index contributed by atoms with van der Waals surface area (Å²) in [6, 6.07) is 9.16. The highest BCUT2D eigenvalue weighted by molar-refractivity contribution is 7.88. The minimum atomic E-state index is -3.38. The smallest absolute Gasteiger partial charge is 0.236 e. The predicted molar refractivity (Wildman–Crippen MR) is 110 cm³/mol. The summed E-state index contributed by atoms with van der Waals surface area (Å²) in [4.78, 5) is 16.3. The average molecular weight is 421 g/mol. The first-order valence-electron chi connectivity index (χ1n) is 9.66. The van der Waals surface area contributed by atoms with Crippen molar-refractivity contribution in [2.45, 2.75) is 26.1 Å². The maximum absolute atomic E-state index is 12.7. The second kappa shape index (κ2) is 9.06. The van der Waals surface area contributed by atoms with Gasteiger partial charge in [0.25, 0.3) is 0 Å². The Kier molecular flexibility index (Phi) is 6.71. The molecule has 2 aromatic rings. The lowest BCUT2D eigenvalue weighted by Crippen LogP contribution is -2.52. The highest BCUT2D eigenvalue weighted by Gasteiger charge is 2.29. The van der Waals surface area contributed by atoms with E-state index < -0.39 is 10.0 Å². The number of sulfonamides is 1. The molecule has 0 radical (unpaired) electrons. The van der Waals surface area contributed by atoms with Gasteiger partial charge in [0.2, 0.25) is 15.9 Å². The lowest BCUT2D eigenvalue weighted by Gasteiger charge is -2.34. The van der Waals surface area contributed by atoms with E-state index in [2.05, 4.69) is 5.16 Å². The van der Waals surface area contributed by atoms with Crippen LogP contribution >= 0.6 is 0 Å². The molecule has 3 rings (SSSR count). The monoisotopic (exact) mass is 420 g/mol. The van der Waals surface area contributed by atoms with Gasteiger partial charge in [0, 0.05) is 38.3 Å². The first kappa shape index (κ1) is 21.5. The van der Waals surface area contributed by atoms with Crippen LogP contribution in [0.15, 0.2) is 34.9 Å². The van der Waals surface area contributed by atoms with Gasteiger partial charge in [-0.25, -0.2) is 8.42 Å². The molecule has 1 amide bonds. The zero-order chi connectivity index (χ0) is 21.0. The van der Waals surface area contributed by atoms with Crippen LogP contribution < -0.4 is 0 Å². The molecule has 0 spiro atoms. The normalized spacial score (nSPS) is 15.8. The fourth-order valence-electron chi connectivity index (χ4n) is 3.48. The van der Waals surface area contributed by atoms with E-state index >= 15 is 0 Å². The number of rotatable bonds is 7. The van der Waals surface area contributed by atoms with Gasteiger partial charge in [0.15, 0.2) is 0 Å². The summed E-state index contributed by atoms with van der Waals surface area (Å²) < 4.78 is 32.0. The van der Waals surface area contributed by atoms with Crippen LogP contribution in [-0.4, -0.2) is 73.4 Å². The van der Waals surface area contributed by atoms with Gasteiger partial charge in [-0.3, -0.25) is 9.69 Å². The van der Waals surface area contributed by atoms with Crippen molar-refractivity contribution in [1.82, 2.24) is 19.3 Å². The molecule has 0 saturated carbocycles. The third-order valence-electron chi connectivity index (χ3n) is 5.19. The van der Waals surface area contributed by atoms with E-state index in [4.69, 9.17) is 4.52 Å². The Morgan fingerprint density at radius 3 is 2.38 bits per heavy atom. The summed E-state index contributed by atoms with van der Waals surface area (Å²) in [6.45, 7) is 6.07. The molecule has 0 N–H and O–H groups in total. The molecule has 158 valence electrons. The molecular weight excluding hydrogens is 392 g/mol. The third kappa shape index (κ3) is 5.43. The van der Waals surface area contributed by atoms with E-state index in [0.717, 1.165) is 22.6 Å². The number of carbonyl (C=O) groups is 1. The topological polar surface area (TPSA) is 87.0 Å². The standard InChI is InChI=1S/C20H28N4O4S/c1-16-19(17(2)28-21-16)13-22(3)14-20(25)23-9-11-24(12-10-23)29(26,27)15-18-7-5-4-6-8-18/h4-8H,9-15H2,1-3H3. The fraction of sp³-hybridized carbons (Fsp3) is 0.500. The largest absolute Gasteiger partial charge is 0.361 e. The first-order chi connectivity index (χ1) is 13.8. The number of amides is 1. The predicted octanol–water partition coefficient (Wildman–Crippen LogP) is 1.40. The van der Waals surface area contributed by atoms with Crippen molar-refractivity contribution in [2.24, 2.45) is 0 Å². The van der Waals surface area contributed by atoms with E-state index in [-0.39, 0.29) is 18.2 Å². The number of piperazine rings is 1. The van der Waals surface area contributed by atoms with Crippen molar-refractivity contribution in [3.05, 3.63) is 52.9 Å². The van der Waals surface area contributed by atoms with Gasteiger partial charge in [0.05, 0.1) is 18.0 Å². The molecule has 8 nitrogen and oxygen atoms in total. The molecule has 1 saturated heterocycles. The van der Waals surface area contributed by atoms with E-state index in [0.29, 0.717) is 32.7 Å². The zero-order valence-electron chi connectivity index (χ0n) is 17.2. The van der Waals surface area contributed by atoms with Gasteiger partial charge in [-0.2, -0.15) is 4.31 Å². The van der Waals surface area contributed by atoms with Crippen molar-refractivity contribution in [3.63, 3.8) is 0 Å². The summed E-state index contributed by atoms with van der Waals surface area (Å²) in [5.41, 5.74) is 2.60. The number of aromatic nitrogens is 1. The summed E-state index contributed by atoms with van der Waals surface area (Å²) in [5, 5.41) is 3.94. The van der Waals surface area contributed by atoms with Crippen LogP contribution in [0.4, 0.5) is 0 Å². The highest BCUT2D eigenvalue weighted by atomic mass is 32.2. The number of benzene rings is 1. The Hall–Kier alpha value is -2.23. The second-order valence-electron chi connectivity index (χ2n) is 7.50. The number of likely N-dealkylation sites (N-methyl/N-ethyl adjacent to an activating group) is 1. The highest BCUT2D eigenvalue weighted by Crippen LogP contribution is 2.16. The van der Waals surface area contributed by atoms with Gasteiger partial charge >= 0.3 is 0 Å². The molecule has 0 bridgehead atoms. The maximum Gasteiger partial charge on any atom is 0.236 e. The van der Waals surface area contributed by atoms with Crippen LogP contribution in [0.2, 0.25) is 0 Å². The zero-order valence-corrected chi connectivity index (χ0v) is 18.0. The number of aryl methyl sites for hydroxylation is 2. The molecule has 0 aliphatic carbocycles. The molecular formula is C20H28N4O4S. The van der Waals surface area contributed by atoms with Crippen molar-refractivity contribution < 1.29 is 17.7 Å². The van der Waals surface area contributed by atoms with E-state index in [1.807, 2.05) is 56.1 Å². The molecule has 1 aliphatic rings. The van der Waals surface area contributed by atoms with Crippen molar-refractivity contribution >= 4 is 15.9 Å². The summed E-state index contributed by atoms with van der Waals surface area (Å²) in [7, 11) is -1.51. The molecule has 0 atom stereocenters. The number of carbonyl (C=O) groups excluding carboxylic acids is 1. The third-order valence-corrected chi connectivity index (χ3v) is 7.04. The lowest BCUT2D eigenvalue weighted by molar-refractivity contribution is -0.133. The van der Waals surface area contributed by atoms with Gasteiger partial charge in [-0.05, 0) is 26.5 Å². The number of hydrogen-bond donors (Lipinski definition) is 0. The minimum absolute atomic E-state index is 0.000586. The van der Waals surface area contributed by atoms with E-state index in [9.17, 15) is 13.2 Å². The van der Waals surface area contributed by atoms with Crippen LogP contribution in [0.5, 0.6) is 0 Å². The molecule has 29 heavy (non-hydrogen) atoms. The molecule has 1 aromatic carbocycles. The minimum Gasteiger partial charge on any atom is -0.361 e. The summed E-state index contributed by atoms with van der Waals surface area (Å²) in [5.74, 6) is 0.750. The van der Waals surface area contributed by atoms with Gasteiger partial charge in [-0.1, -0.05) is 35.5 Å². The second-order valence-corrected chi connectivity index (χ2v) is 9.47. The van der Waals surface area contributed by atoms with Crippen molar-refractivity contribution in [1.29, 1.82) is 0 Å². The van der Waals surface area contributed by atoms with Gasteiger partial charge < -0.3 is 9.42 Å². The van der Waals surface area contributed by atoms with E-state index in [1.54, 1.807) is 4.90 Å². The molecule has 9 heteroatoms. The van der Waals surface area contributed by atoms with Crippen LogP contribution in [0.3, 0.4) is 0 Å². The van der Waals surface area contributed by atoms with Crippen LogP contribution in [0.25, 0.3) is 0 Å². The van der Waals surface area contributed by atoms with Crippen molar-refractivity contribution in [2.75, 3.05) is 39.8 Å². The molecule has 1 aromatic heterocycles. The van der Waals surface area contributed by atoms with Crippen LogP contribution in [0, 0.1) is 13.8 Å². The summed E-state index contributed by atoms with van der Waals surface area (Å²) in [6.07, 6.45) is 0. The lowest BCUT2D eigenvalue weighted by atomic mass is 10.2. The Morgan fingerprint density at radius 2 is 1.79 bits per heavy atom. The summed E-state index contributed by atoms with van der Waals surface area (Å²) >= 11 is 0. The Bertz CT molecular complexity index is 915. The SMILES string of the molecule is Cc1noc(C)c1CN(C)CC(=O)N1CCN(S(=O)(=O)Cc2ccccc2)CC1. The number of nitrogens with zero attached hydrogens (tertiary/aromatic N) is 4. The first-order valence-corrected chi connectivity index (χ1v) is 11.3. The van der Waals surface area contributed by atoms with Crippen molar-refractivity contribution in [3.8, 4) is 0 Å². The molecule has 0 unspecified atom stereocenters. The average Bonchev–Trinajstić information content (AvgIpc) is 3.00. The maximum atomic E-state index is 12.7. The van der Waals surface area contributed by atoms with E-state index in [1.165, 1.54) is 4.31 Å². The molecule has 1 aliphatic heterocycles. The Labute approximate surface area is 172 Å². The van der Waals surface area contributed by atoms with Gasteiger partial charge in [-0.15, -0.1) is 0 Å². The Balaban J connectivity index is 1.50. The van der Waals surface area contributed by atoms with Crippen LogP contribution in [0.1, 0.15) is 22.6 Å². The molecule has 2 heterocycles. The molecule has 1 fully saturated rings. The quantitative estimate of drug-likeness (QED) is 0.673.